The molecule has 2 heterocycles. The lowest BCUT2D eigenvalue weighted by molar-refractivity contribution is -0.137. The number of amides is 1. The van der Waals surface area contributed by atoms with Crippen LogP contribution in [0, 0.1) is 5.92 Å². The van der Waals surface area contributed by atoms with Crippen LogP contribution in [0.1, 0.15) is 37.7 Å². The number of nitrogens with zero attached hydrogens (tertiary/aromatic N) is 2. The molecule has 1 amide bonds. The molecule has 28 heavy (non-hydrogen) atoms. The van der Waals surface area contributed by atoms with Crippen molar-refractivity contribution in [1.82, 2.24) is 9.38 Å². The Morgan fingerprint density at radius 3 is 2.54 bits per heavy atom. The molecule has 1 aliphatic rings. The molecule has 3 aromatic rings. The number of aromatic nitrogens is 2. The number of carbonyl (C=O) groups is 1. The molecule has 0 spiro atoms. The van der Waals surface area contributed by atoms with Crippen LogP contribution in [0.4, 0.5) is 19.0 Å². The minimum Gasteiger partial charge on any atom is -0.309 e. The predicted octanol–water partition coefficient (Wildman–Crippen LogP) is 5.54. The van der Waals surface area contributed by atoms with E-state index in [0.717, 1.165) is 43.4 Å². The number of hydrogen-bond donors (Lipinski definition) is 1. The quantitative estimate of drug-likeness (QED) is 0.639. The van der Waals surface area contributed by atoms with Crippen LogP contribution in [0.3, 0.4) is 0 Å². The summed E-state index contributed by atoms with van der Waals surface area (Å²) in [4.78, 5) is 16.8. The molecular formula is C21H20F3N3O. The van der Waals surface area contributed by atoms with E-state index >= 15 is 0 Å². The van der Waals surface area contributed by atoms with Crippen LogP contribution >= 0.6 is 0 Å². The van der Waals surface area contributed by atoms with Crippen LogP contribution in [-0.2, 0) is 11.0 Å². The van der Waals surface area contributed by atoms with Gasteiger partial charge in [0.15, 0.2) is 5.82 Å². The van der Waals surface area contributed by atoms with Gasteiger partial charge in [-0.05, 0) is 30.9 Å². The number of halogens is 3. The summed E-state index contributed by atoms with van der Waals surface area (Å²) in [5.74, 6) is 0.506. The molecule has 0 unspecified atom stereocenters. The van der Waals surface area contributed by atoms with Crippen molar-refractivity contribution in [1.29, 1.82) is 0 Å². The highest BCUT2D eigenvalue weighted by molar-refractivity contribution is 5.94. The highest BCUT2D eigenvalue weighted by Gasteiger charge is 2.31. The van der Waals surface area contributed by atoms with E-state index in [1.807, 2.05) is 30.3 Å². The Morgan fingerprint density at radius 1 is 1.14 bits per heavy atom. The molecule has 1 N–H and O–H groups in total. The number of benzene rings is 1. The van der Waals surface area contributed by atoms with Crippen LogP contribution in [-0.4, -0.2) is 15.3 Å². The Morgan fingerprint density at radius 2 is 1.86 bits per heavy atom. The number of rotatable bonds is 4. The average molecular weight is 387 g/mol. The summed E-state index contributed by atoms with van der Waals surface area (Å²) in [5.41, 5.74) is 0.716. The maximum atomic E-state index is 13.1. The van der Waals surface area contributed by atoms with Gasteiger partial charge < -0.3 is 5.32 Å². The molecule has 4 rings (SSSR count). The molecule has 1 aromatic carbocycles. The number of pyridine rings is 1. The zero-order chi connectivity index (χ0) is 19.7. The van der Waals surface area contributed by atoms with Gasteiger partial charge in [0.2, 0.25) is 5.91 Å². The molecule has 146 valence electrons. The van der Waals surface area contributed by atoms with Crippen molar-refractivity contribution in [2.75, 3.05) is 5.32 Å². The van der Waals surface area contributed by atoms with Crippen molar-refractivity contribution < 1.29 is 18.0 Å². The van der Waals surface area contributed by atoms with E-state index in [2.05, 4.69) is 10.3 Å². The Balaban J connectivity index is 1.73. The zero-order valence-electron chi connectivity index (χ0n) is 15.2. The van der Waals surface area contributed by atoms with Crippen molar-refractivity contribution in [2.45, 2.75) is 38.3 Å². The van der Waals surface area contributed by atoms with E-state index < -0.39 is 11.7 Å². The summed E-state index contributed by atoms with van der Waals surface area (Å²) < 4.78 is 40.8. The van der Waals surface area contributed by atoms with Gasteiger partial charge >= 0.3 is 6.18 Å². The standard InChI is InChI=1S/C21H20F3N3O/c22-21(23,24)16-10-11-27-17(13-16)25-20(19(27)15-8-2-1-3-9-15)26-18(28)12-14-6-4-5-7-14/h1-3,8-11,13-14H,4-7,12H2,(H,26,28). The number of hydrogen-bond acceptors (Lipinski definition) is 2. The Kier molecular flexibility index (Phi) is 4.83. The molecule has 0 bridgehead atoms. The summed E-state index contributed by atoms with van der Waals surface area (Å²) in [7, 11) is 0. The lowest BCUT2D eigenvalue weighted by Crippen LogP contribution is -2.16. The molecule has 1 saturated carbocycles. The van der Waals surface area contributed by atoms with Crippen LogP contribution in [0.15, 0.2) is 48.7 Å². The summed E-state index contributed by atoms with van der Waals surface area (Å²) >= 11 is 0. The number of carbonyl (C=O) groups excluding carboxylic acids is 1. The molecule has 0 saturated heterocycles. The molecule has 0 aliphatic heterocycles. The van der Waals surface area contributed by atoms with Crippen LogP contribution in [0.25, 0.3) is 16.9 Å². The van der Waals surface area contributed by atoms with Gasteiger partial charge in [-0.2, -0.15) is 13.2 Å². The fourth-order valence-corrected chi connectivity index (χ4v) is 3.84. The molecule has 7 heteroatoms. The van der Waals surface area contributed by atoms with Gasteiger partial charge in [0, 0.05) is 18.2 Å². The van der Waals surface area contributed by atoms with E-state index in [0.29, 0.717) is 18.0 Å². The Hall–Kier alpha value is -2.83. The topological polar surface area (TPSA) is 46.4 Å². The largest absolute Gasteiger partial charge is 0.416 e. The van der Waals surface area contributed by atoms with Gasteiger partial charge in [0.25, 0.3) is 0 Å². The van der Waals surface area contributed by atoms with Gasteiger partial charge in [-0.15, -0.1) is 0 Å². The van der Waals surface area contributed by atoms with E-state index in [-0.39, 0.29) is 17.4 Å². The molecule has 2 aromatic heterocycles. The Bertz CT molecular complexity index is 989. The van der Waals surface area contributed by atoms with E-state index in [4.69, 9.17) is 0 Å². The first-order valence-corrected chi connectivity index (χ1v) is 9.36. The lowest BCUT2D eigenvalue weighted by atomic mass is 10.0. The second kappa shape index (κ2) is 7.30. The monoisotopic (exact) mass is 387 g/mol. The smallest absolute Gasteiger partial charge is 0.309 e. The van der Waals surface area contributed by atoms with E-state index in [9.17, 15) is 18.0 Å². The normalized spacial score (nSPS) is 15.2. The summed E-state index contributed by atoms with van der Waals surface area (Å²) in [6.07, 6.45) is 1.67. The van der Waals surface area contributed by atoms with Gasteiger partial charge in [-0.25, -0.2) is 4.98 Å². The molecule has 4 nitrogen and oxygen atoms in total. The molecular weight excluding hydrogens is 367 g/mol. The van der Waals surface area contributed by atoms with Crippen molar-refractivity contribution in [2.24, 2.45) is 5.92 Å². The molecule has 1 aliphatic carbocycles. The molecule has 0 radical (unpaired) electrons. The van der Waals surface area contributed by atoms with Gasteiger partial charge in [-0.1, -0.05) is 43.2 Å². The van der Waals surface area contributed by atoms with Crippen LogP contribution < -0.4 is 5.32 Å². The fourth-order valence-electron chi connectivity index (χ4n) is 3.84. The number of imidazole rings is 1. The second-order valence-electron chi connectivity index (χ2n) is 7.22. The number of fused-ring (bicyclic) bond motifs is 1. The fraction of sp³-hybridized carbons (Fsp3) is 0.333. The Labute approximate surface area is 160 Å². The van der Waals surface area contributed by atoms with Gasteiger partial charge in [0.1, 0.15) is 5.65 Å². The molecule has 0 atom stereocenters. The van der Waals surface area contributed by atoms with Crippen LogP contribution in [0.5, 0.6) is 0 Å². The van der Waals surface area contributed by atoms with Crippen molar-refractivity contribution in [3.8, 4) is 11.3 Å². The van der Waals surface area contributed by atoms with Crippen molar-refractivity contribution in [3.05, 3.63) is 54.2 Å². The van der Waals surface area contributed by atoms with Gasteiger partial charge in [-0.3, -0.25) is 9.20 Å². The third-order valence-electron chi connectivity index (χ3n) is 5.21. The average Bonchev–Trinajstić information content (AvgIpc) is 3.28. The minimum atomic E-state index is -4.45. The highest BCUT2D eigenvalue weighted by Crippen LogP contribution is 2.34. The third kappa shape index (κ3) is 3.74. The first kappa shape index (κ1) is 18.5. The lowest BCUT2D eigenvalue weighted by Gasteiger charge is -2.10. The number of alkyl halides is 3. The van der Waals surface area contributed by atoms with E-state index in [1.165, 1.54) is 6.20 Å². The van der Waals surface area contributed by atoms with Crippen molar-refractivity contribution >= 4 is 17.4 Å². The van der Waals surface area contributed by atoms with Crippen molar-refractivity contribution in [3.63, 3.8) is 0 Å². The zero-order valence-corrected chi connectivity index (χ0v) is 15.2. The summed E-state index contributed by atoms with van der Waals surface area (Å²) in [6, 6.07) is 11.2. The summed E-state index contributed by atoms with van der Waals surface area (Å²) in [6.45, 7) is 0. The van der Waals surface area contributed by atoms with Crippen LogP contribution in [0.2, 0.25) is 0 Å². The third-order valence-corrected chi connectivity index (χ3v) is 5.21. The first-order chi connectivity index (χ1) is 13.4. The maximum absolute atomic E-state index is 13.1. The number of anilines is 1. The minimum absolute atomic E-state index is 0.143. The predicted molar refractivity (Wildman–Crippen MR) is 101 cm³/mol. The maximum Gasteiger partial charge on any atom is 0.416 e. The molecule has 1 fully saturated rings. The number of nitrogens with one attached hydrogen (secondary N) is 1. The summed E-state index contributed by atoms with van der Waals surface area (Å²) in [5, 5.41) is 2.83. The van der Waals surface area contributed by atoms with Gasteiger partial charge in [0.05, 0.1) is 11.3 Å². The SMILES string of the molecule is O=C(CC1CCCC1)Nc1nc2cc(C(F)(F)F)ccn2c1-c1ccccc1. The highest BCUT2D eigenvalue weighted by atomic mass is 19.4. The second-order valence-corrected chi connectivity index (χ2v) is 7.22. The first-order valence-electron chi connectivity index (χ1n) is 9.36. The van der Waals surface area contributed by atoms with E-state index in [1.54, 1.807) is 4.40 Å².